The van der Waals surface area contributed by atoms with Gasteiger partial charge in [-0.3, -0.25) is 19.3 Å². The molecule has 0 bridgehead atoms. The van der Waals surface area contributed by atoms with E-state index in [2.05, 4.69) is 10.2 Å². The number of carbonyl (C=O) groups excluding carboxylic acids is 3. The first-order valence-electron chi connectivity index (χ1n) is 8.29. The summed E-state index contributed by atoms with van der Waals surface area (Å²) in [5.41, 5.74) is 0. The molecule has 0 spiro atoms. The van der Waals surface area contributed by atoms with E-state index in [-0.39, 0.29) is 23.8 Å². The third-order valence-corrected chi connectivity index (χ3v) is 4.70. The SMILES string of the molecule is O=C1CCC(C(=O)N2CCN(C(=O)CN3CCOCC3)CC2)N1. The van der Waals surface area contributed by atoms with Gasteiger partial charge in [0.25, 0.3) is 0 Å². The van der Waals surface area contributed by atoms with Crippen LogP contribution in [0, 0.1) is 0 Å². The normalized spacial score (nSPS) is 26.3. The van der Waals surface area contributed by atoms with Crippen LogP contribution in [0.1, 0.15) is 12.8 Å². The van der Waals surface area contributed by atoms with E-state index >= 15 is 0 Å². The lowest BCUT2D eigenvalue weighted by atomic mass is 10.2. The van der Waals surface area contributed by atoms with Gasteiger partial charge in [-0.25, -0.2) is 0 Å². The van der Waals surface area contributed by atoms with Crippen molar-refractivity contribution in [2.24, 2.45) is 0 Å². The molecule has 0 aromatic heterocycles. The molecule has 3 heterocycles. The minimum atomic E-state index is -0.377. The maximum atomic E-state index is 12.3. The highest BCUT2D eigenvalue weighted by Crippen LogP contribution is 2.12. The van der Waals surface area contributed by atoms with Gasteiger partial charge in [-0.1, -0.05) is 0 Å². The molecule has 8 heteroatoms. The molecule has 8 nitrogen and oxygen atoms in total. The van der Waals surface area contributed by atoms with Crippen LogP contribution in [0.3, 0.4) is 0 Å². The highest BCUT2D eigenvalue weighted by Gasteiger charge is 2.33. The van der Waals surface area contributed by atoms with Gasteiger partial charge in [0.15, 0.2) is 0 Å². The number of carbonyl (C=O) groups is 3. The second-order valence-corrected chi connectivity index (χ2v) is 6.25. The van der Waals surface area contributed by atoms with Crippen LogP contribution in [-0.4, -0.2) is 97.5 Å². The van der Waals surface area contributed by atoms with Gasteiger partial charge in [0.05, 0.1) is 19.8 Å². The fraction of sp³-hybridized carbons (Fsp3) is 0.800. The van der Waals surface area contributed by atoms with E-state index in [1.165, 1.54) is 0 Å². The van der Waals surface area contributed by atoms with Gasteiger partial charge in [-0.05, 0) is 6.42 Å². The van der Waals surface area contributed by atoms with Crippen molar-refractivity contribution in [2.75, 3.05) is 59.0 Å². The van der Waals surface area contributed by atoms with Crippen molar-refractivity contribution in [3.63, 3.8) is 0 Å². The van der Waals surface area contributed by atoms with Gasteiger partial charge in [-0.2, -0.15) is 0 Å². The summed E-state index contributed by atoms with van der Waals surface area (Å²) in [6, 6.07) is -0.377. The predicted molar refractivity (Wildman–Crippen MR) is 81.6 cm³/mol. The van der Waals surface area contributed by atoms with Crippen molar-refractivity contribution in [1.82, 2.24) is 20.0 Å². The molecule has 3 fully saturated rings. The van der Waals surface area contributed by atoms with E-state index in [0.717, 1.165) is 13.1 Å². The zero-order valence-electron chi connectivity index (χ0n) is 13.3. The number of hydrogen-bond acceptors (Lipinski definition) is 5. The number of hydrogen-bond donors (Lipinski definition) is 1. The van der Waals surface area contributed by atoms with Crippen molar-refractivity contribution < 1.29 is 19.1 Å². The first kappa shape index (κ1) is 16.2. The van der Waals surface area contributed by atoms with Crippen LogP contribution in [-0.2, 0) is 19.1 Å². The van der Waals surface area contributed by atoms with Gasteiger partial charge in [0, 0.05) is 45.7 Å². The number of ether oxygens (including phenoxy) is 1. The summed E-state index contributed by atoms with van der Waals surface area (Å²) in [6.45, 7) is 5.60. The Bertz CT molecular complexity index is 470. The average Bonchev–Trinajstić information content (AvgIpc) is 3.02. The van der Waals surface area contributed by atoms with Gasteiger partial charge in [0.2, 0.25) is 17.7 Å². The second kappa shape index (κ2) is 7.27. The van der Waals surface area contributed by atoms with E-state index in [0.29, 0.717) is 58.8 Å². The molecule has 0 radical (unpaired) electrons. The maximum absolute atomic E-state index is 12.3. The number of nitrogens with zero attached hydrogens (tertiary/aromatic N) is 3. The van der Waals surface area contributed by atoms with Crippen molar-refractivity contribution in [2.45, 2.75) is 18.9 Å². The Morgan fingerprint density at radius 1 is 1.04 bits per heavy atom. The van der Waals surface area contributed by atoms with E-state index < -0.39 is 0 Å². The van der Waals surface area contributed by atoms with Gasteiger partial charge < -0.3 is 19.9 Å². The Labute approximate surface area is 135 Å². The number of amides is 3. The predicted octanol–water partition coefficient (Wildman–Crippen LogP) is -1.73. The van der Waals surface area contributed by atoms with Crippen molar-refractivity contribution in [3.05, 3.63) is 0 Å². The number of nitrogens with one attached hydrogen (secondary N) is 1. The van der Waals surface area contributed by atoms with E-state index in [1.807, 2.05) is 4.90 Å². The minimum Gasteiger partial charge on any atom is -0.379 e. The lowest BCUT2D eigenvalue weighted by Gasteiger charge is -2.37. The molecule has 128 valence electrons. The molecule has 3 saturated heterocycles. The summed E-state index contributed by atoms with van der Waals surface area (Å²) in [4.78, 5) is 41.6. The summed E-state index contributed by atoms with van der Waals surface area (Å²) in [5, 5.41) is 2.71. The zero-order valence-corrected chi connectivity index (χ0v) is 13.3. The summed E-state index contributed by atoms with van der Waals surface area (Å²) in [7, 11) is 0. The van der Waals surface area contributed by atoms with Crippen LogP contribution in [0.25, 0.3) is 0 Å². The molecular formula is C15H24N4O4. The molecule has 3 amide bonds. The Morgan fingerprint density at radius 2 is 1.70 bits per heavy atom. The van der Waals surface area contributed by atoms with Gasteiger partial charge in [0.1, 0.15) is 6.04 Å². The Morgan fingerprint density at radius 3 is 2.30 bits per heavy atom. The molecule has 23 heavy (non-hydrogen) atoms. The summed E-state index contributed by atoms with van der Waals surface area (Å²) >= 11 is 0. The number of piperazine rings is 1. The van der Waals surface area contributed by atoms with Crippen LogP contribution in [0.2, 0.25) is 0 Å². The molecule has 0 aromatic carbocycles. The van der Waals surface area contributed by atoms with Crippen LogP contribution in [0.5, 0.6) is 0 Å². The standard InChI is InChI=1S/C15H24N4O4/c20-13-2-1-12(16-13)15(22)19-5-3-18(4-6-19)14(21)11-17-7-9-23-10-8-17/h12H,1-11H2,(H,16,20). The third kappa shape index (κ3) is 4.00. The molecule has 3 aliphatic heterocycles. The summed E-state index contributed by atoms with van der Waals surface area (Å²) in [5.74, 6) is 0.0481. The fourth-order valence-electron chi connectivity index (χ4n) is 3.25. The molecular weight excluding hydrogens is 300 g/mol. The Kier molecular flexibility index (Phi) is 5.12. The molecule has 3 aliphatic rings. The van der Waals surface area contributed by atoms with Gasteiger partial charge >= 0.3 is 0 Å². The monoisotopic (exact) mass is 324 g/mol. The smallest absolute Gasteiger partial charge is 0.245 e. The first-order valence-corrected chi connectivity index (χ1v) is 8.29. The third-order valence-electron chi connectivity index (χ3n) is 4.70. The second-order valence-electron chi connectivity index (χ2n) is 6.25. The highest BCUT2D eigenvalue weighted by atomic mass is 16.5. The molecule has 3 rings (SSSR count). The highest BCUT2D eigenvalue weighted by molar-refractivity contribution is 5.91. The zero-order chi connectivity index (χ0) is 16.2. The van der Waals surface area contributed by atoms with Crippen LogP contribution >= 0.6 is 0 Å². The maximum Gasteiger partial charge on any atom is 0.245 e. The molecule has 0 aliphatic carbocycles. The topological polar surface area (TPSA) is 82.2 Å². The molecule has 1 N–H and O–H groups in total. The van der Waals surface area contributed by atoms with Gasteiger partial charge in [-0.15, -0.1) is 0 Å². The van der Waals surface area contributed by atoms with Crippen LogP contribution in [0.4, 0.5) is 0 Å². The lowest BCUT2D eigenvalue weighted by molar-refractivity contribution is -0.141. The van der Waals surface area contributed by atoms with Crippen molar-refractivity contribution in [3.8, 4) is 0 Å². The Hall–Kier alpha value is -1.67. The molecule has 1 unspecified atom stereocenters. The van der Waals surface area contributed by atoms with E-state index in [4.69, 9.17) is 4.74 Å². The quantitative estimate of drug-likeness (QED) is 0.667. The minimum absolute atomic E-state index is 0.0175. The Balaban J connectivity index is 1.43. The lowest BCUT2D eigenvalue weighted by Crippen LogP contribution is -2.56. The first-order chi connectivity index (χ1) is 11.1. The summed E-state index contributed by atoms with van der Waals surface area (Å²) < 4.78 is 5.28. The molecule has 0 aromatic rings. The van der Waals surface area contributed by atoms with E-state index in [1.54, 1.807) is 4.90 Å². The summed E-state index contributed by atoms with van der Waals surface area (Å²) in [6.07, 6.45) is 1.00. The van der Waals surface area contributed by atoms with Crippen molar-refractivity contribution in [1.29, 1.82) is 0 Å². The fourth-order valence-corrected chi connectivity index (χ4v) is 3.25. The van der Waals surface area contributed by atoms with E-state index in [9.17, 15) is 14.4 Å². The molecule has 1 atom stereocenters. The average molecular weight is 324 g/mol. The van der Waals surface area contributed by atoms with Crippen LogP contribution in [0.15, 0.2) is 0 Å². The van der Waals surface area contributed by atoms with Crippen molar-refractivity contribution >= 4 is 17.7 Å². The molecule has 0 saturated carbocycles. The van der Waals surface area contributed by atoms with Crippen LogP contribution < -0.4 is 5.32 Å². The number of rotatable bonds is 3. The largest absolute Gasteiger partial charge is 0.379 e. The number of morpholine rings is 1.